The molecular weight excluding hydrogens is 368 g/mol. The largest absolute Gasteiger partial charge is 0.352 e. The van der Waals surface area contributed by atoms with E-state index in [9.17, 15) is 14.4 Å². The van der Waals surface area contributed by atoms with Gasteiger partial charge in [0.1, 0.15) is 6.54 Å². The number of carbonyl (C=O) groups is 2. The fourth-order valence-electron chi connectivity index (χ4n) is 3.25. The van der Waals surface area contributed by atoms with Crippen molar-refractivity contribution in [2.24, 2.45) is 5.92 Å². The number of benzene rings is 2. The van der Waals surface area contributed by atoms with Gasteiger partial charge in [-0.25, -0.2) is 4.79 Å². The van der Waals surface area contributed by atoms with E-state index in [0.717, 1.165) is 5.52 Å². The van der Waals surface area contributed by atoms with Crippen molar-refractivity contribution >= 4 is 28.5 Å². The molecule has 0 saturated carbocycles. The van der Waals surface area contributed by atoms with E-state index in [1.165, 1.54) is 4.57 Å². The van der Waals surface area contributed by atoms with Crippen LogP contribution in [0.5, 0.6) is 0 Å². The second kappa shape index (κ2) is 8.77. The number of nitrogens with zero attached hydrogens (tertiary/aromatic N) is 2. The van der Waals surface area contributed by atoms with E-state index in [0.29, 0.717) is 35.8 Å². The standard InChI is InChI=1S/C22H26N4O3/c1-4-25-18-11-7-8-12-19(18)26(22(25)29)14-20(27)24-17-10-6-5-9-16(17)21(28)23-13-15(2)3/h5-12,15H,4,13-14H2,1-3H3,(H,23,28)(H,24,27). The molecule has 3 rings (SSSR count). The highest BCUT2D eigenvalue weighted by Crippen LogP contribution is 2.16. The lowest BCUT2D eigenvalue weighted by atomic mass is 10.1. The van der Waals surface area contributed by atoms with Gasteiger partial charge in [-0.05, 0) is 37.1 Å². The van der Waals surface area contributed by atoms with Gasteiger partial charge in [0.25, 0.3) is 5.91 Å². The minimum atomic E-state index is -0.366. The smallest absolute Gasteiger partial charge is 0.329 e. The van der Waals surface area contributed by atoms with E-state index < -0.39 is 0 Å². The fourth-order valence-corrected chi connectivity index (χ4v) is 3.25. The third-order valence-corrected chi connectivity index (χ3v) is 4.66. The van der Waals surface area contributed by atoms with Gasteiger partial charge in [0.05, 0.1) is 22.3 Å². The number of para-hydroxylation sites is 3. The first-order chi connectivity index (χ1) is 13.9. The molecule has 0 aliphatic heterocycles. The molecule has 0 spiro atoms. The van der Waals surface area contributed by atoms with E-state index in [1.807, 2.05) is 45.0 Å². The predicted octanol–water partition coefficient (Wildman–Crippen LogP) is 2.85. The van der Waals surface area contributed by atoms with E-state index in [2.05, 4.69) is 10.6 Å². The first-order valence-corrected chi connectivity index (χ1v) is 9.77. The Hall–Kier alpha value is -3.35. The zero-order chi connectivity index (χ0) is 21.0. The molecule has 0 fully saturated rings. The van der Waals surface area contributed by atoms with Crippen LogP contribution in [0.1, 0.15) is 31.1 Å². The minimum Gasteiger partial charge on any atom is -0.352 e. The summed E-state index contributed by atoms with van der Waals surface area (Å²) in [6, 6.07) is 14.2. The quantitative estimate of drug-likeness (QED) is 0.646. The summed E-state index contributed by atoms with van der Waals surface area (Å²) in [5.74, 6) is -0.284. The number of imidazole rings is 1. The van der Waals surface area contributed by atoms with Crippen molar-refractivity contribution in [2.45, 2.75) is 33.9 Å². The third-order valence-electron chi connectivity index (χ3n) is 4.66. The molecule has 0 unspecified atom stereocenters. The van der Waals surface area contributed by atoms with Crippen LogP contribution in [0.25, 0.3) is 11.0 Å². The van der Waals surface area contributed by atoms with Crippen molar-refractivity contribution in [2.75, 3.05) is 11.9 Å². The Balaban J connectivity index is 1.83. The fraction of sp³-hybridized carbons (Fsp3) is 0.318. The maximum absolute atomic E-state index is 12.7. The van der Waals surface area contributed by atoms with Gasteiger partial charge in [-0.2, -0.15) is 0 Å². The second-order valence-corrected chi connectivity index (χ2v) is 7.30. The lowest BCUT2D eigenvalue weighted by Crippen LogP contribution is -2.31. The number of aromatic nitrogens is 2. The Morgan fingerprint density at radius 3 is 2.24 bits per heavy atom. The summed E-state index contributed by atoms with van der Waals surface area (Å²) in [5.41, 5.74) is 2.08. The summed E-state index contributed by atoms with van der Waals surface area (Å²) in [6.07, 6.45) is 0. The van der Waals surface area contributed by atoms with Crippen LogP contribution in [-0.4, -0.2) is 27.5 Å². The SMILES string of the molecule is CCn1c(=O)n(CC(=O)Nc2ccccc2C(=O)NCC(C)C)c2ccccc21. The van der Waals surface area contributed by atoms with Crippen molar-refractivity contribution < 1.29 is 9.59 Å². The molecule has 1 aromatic heterocycles. The van der Waals surface area contributed by atoms with Gasteiger partial charge >= 0.3 is 5.69 Å². The number of hydrogen-bond donors (Lipinski definition) is 2. The molecule has 152 valence electrons. The maximum atomic E-state index is 12.7. The minimum absolute atomic E-state index is 0.131. The zero-order valence-corrected chi connectivity index (χ0v) is 16.9. The summed E-state index contributed by atoms with van der Waals surface area (Å²) < 4.78 is 3.09. The lowest BCUT2D eigenvalue weighted by molar-refractivity contribution is -0.116. The molecule has 0 radical (unpaired) electrons. The molecule has 7 heteroatoms. The van der Waals surface area contributed by atoms with Crippen molar-refractivity contribution in [3.05, 3.63) is 64.6 Å². The Morgan fingerprint density at radius 1 is 0.966 bits per heavy atom. The van der Waals surface area contributed by atoms with Gasteiger partial charge in [0, 0.05) is 13.1 Å². The molecule has 1 heterocycles. The number of anilines is 1. The van der Waals surface area contributed by atoms with Gasteiger partial charge in [-0.3, -0.25) is 18.7 Å². The first kappa shape index (κ1) is 20.4. The molecule has 0 atom stereocenters. The molecule has 0 aliphatic carbocycles. The van der Waals surface area contributed by atoms with Crippen LogP contribution in [-0.2, 0) is 17.9 Å². The first-order valence-electron chi connectivity index (χ1n) is 9.77. The van der Waals surface area contributed by atoms with Crippen molar-refractivity contribution in [3.8, 4) is 0 Å². The van der Waals surface area contributed by atoms with Crippen LogP contribution in [0, 0.1) is 5.92 Å². The average molecular weight is 394 g/mol. The summed E-state index contributed by atoms with van der Waals surface area (Å²) in [5, 5.41) is 5.64. The maximum Gasteiger partial charge on any atom is 0.329 e. The van der Waals surface area contributed by atoms with Gasteiger partial charge in [-0.1, -0.05) is 38.1 Å². The molecule has 0 aliphatic rings. The zero-order valence-electron chi connectivity index (χ0n) is 16.9. The van der Waals surface area contributed by atoms with E-state index in [-0.39, 0.29) is 24.0 Å². The second-order valence-electron chi connectivity index (χ2n) is 7.30. The molecule has 2 amide bonds. The van der Waals surface area contributed by atoms with Crippen molar-refractivity contribution in [1.29, 1.82) is 0 Å². The van der Waals surface area contributed by atoms with E-state index in [4.69, 9.17) is 0 Å². The molecule has 29 heavy (non-hydrogen) atoms. The Bertz CT molecular complexity index is 1090. The summed E-state index contributed by atoms with van der Waals surface area (Å²) >= 11 is 0. The van der Waals surface area contributed by atoms with Crippen molar-refractivity contribution in [1.82, 2.24) is 14.5 Å². The highest BCUT2D eigenvalue weighted by molar-refractivity contribution is 6.03. The Morgan fingerprint density at radius 2 is 1.59 bits per heavy atom. The van der Waals surface area contributed by atoms with Gasteiger partial charge in [-0.15, -0.1) is 0 Å². The van der Waals surface area contributed by atoms with Crippen LogP contribution >= 0.6 is 0 Å². The van der Waals surface area contributed by atoms with Crippen LogP contribution < -0.4 is 16.3 Å². The summed E-state index contributed by atoms with van der Waals surface area (Å²) in [7, 11) is 0. The number of nitrogens with one attached hydrogen (secondary N) is 2. The highest BCUT2D eigenvalue weighted by Gasteiger charge is 2.17. The molecular formula is C22H26N4O3. The van der Waals surface area contributed by atoms with E-state index >= 15 is 0 Å². The highest BCUT2D eigenvalue weighted by atomic mass is 16.2. The molecule has 0 saturated heterocycles. The number of hydrogen-bond acceptors (Lipinski definition) is 3. The van der Waals surface area contributed by atoms with Crippen LogP contribution in [0.2, 0.25) is 0 Å². The molecule has 2 N–H and O–H groups in total. The van der Waals surface area contributed by atoms with Crippen molar-refractivity contribution in [3.63, 3.8) is 0 Å². The topological polar surface area (TPSA) is 85.1 Å². The van der Waals surface area contributed by atoms with E-state index in [1.54, 1.807) is 28.8 Å². The number of amides is 2. The molecule has 3 aromatic rings. The van der Waals surface area contributed by atoms with Crippen LogP contribution in [0.4, 0.5) is 5.69 Å². The van der Waals surface area contributed by atoms with Gasteiger partial charge in [0.2, 0.25) is 5.91 Å². The number of aryl methyl sites for hydroxylation is 1. The third kappa shape index (κ3) is 4.39. The monoisotopic (exact) mass is 394 g/mol. The van der Waals surface area contributed by atoms with Crippen LogP contribution in [0.3, 0.4) is 0 Å². The Labute approximate surface area is 169 Å². The number of fused-ring (bicyclic) bond motifs is 1. The molecule has 2 aromatic carbocycles. The normalized spacial score (nSPS) is 11.0. The Kier molecular flexibility index (Phi) is 6.16. The number of rotatable bonds is 7. The summed E-state index contributed by atoms with van der Waals surface area (Å²) in [4.78, 5) is 37.9. The van der Waals surface area contributed by atoms with Crippen LogP contribution in [0.15, 0.2) is 53.3 Å². The number of carbonyl (C=O) groups excluding carboxylic acids is 2. The van der Waals surface area contributed by atoms with Gasteiger partial charge < -0.3 is 10.6 Å². The average Bonchev–Trinajstić information content (AvgIpc) is 2.97. The lowest BCUT2D eigenvalue weighted by Gasteiger charge is -2.12. The molecule has 0 bridgehead atoms. The predicted molar refractivity (Wildman–Crippen MR) is 114 cm³/mol. The van der Waals surface area contributed by atoms with Gasteiger partial charge in [0.15, 0.2) is 0 Å². The molecule has 7 nitrogen and oxygen atoms in total. The summed E-state index contributed by atoms with van der Waals surface area (Å²) in [6.45, 7) is 6.86.